The van der Waals surface area contributed by atoms with Crippen LogP contribution in [-0.4, -0.2) is 41.4 Å². The molecule has 96 valence electrons. The molecule has 0 aliphatic rings. The molecule has 0 bridgehead atoms. The molecule has 1 rings (SSSR count). The third kappa shape index (κ3) is 4.37. The van der Waals surface area contributed by atoms with Gasteiger partial charge in [-0.2, -0.15) is 9.97 Å². The molecule has 0 aliphatic heterocycles. The largest absolute Gasteiger partial charge is 0.464 e. The SMILES string of the molecule is CCOc1nc(NN)nc(OC(C)COC)n1. The van der Waals surface area contributed by atoms with E-state index < -0.39 is 0 Å². The molecule has 0 fully saturated rings. The van der Waals surface area contributed by atoms with Gasteiger partial charge in [0.2, 0.25) is 5.95 Å². The van der Waals surface area contributed by atoms with Crippen LogP contribution in [-0.2, 0) is 4.74 Å². The van der Waals surface area contributed by atoms with Crippen LogP contribution in [0, 0.1) is 0 Å². The van der Waals surface area contributed by atoms with Gasteiger partial charge >= 0.3 is 12.0 Å². The van der Waals surface area contributed by atoms with Crippen molar-refractivity contribution < 1.29 is 14.2 Å². The predicted octanol–water partition coefficient (Wildman–Crippen LogP) is -0.0304. The molecule has 8 nitrogen and oxygen atoms in total. The van der Waals surface area contributed by atoms with E-state index in [0.29, 0.717) is 13.2 Å². The number of nitrogen functional groups attached to an aromatic ring is 1. The van der Waals surface area contributed by atoms with Gasteiger partial charge in [-0.05, 0) is 13.8 Å². The highest BCUT2D eigenvalue weighted by Gasteiger charge is 2.11. The van der Waals surface area contributed by atoms with E-state index in [1.54, 1.807) is 7.11 Å². The Bertz CT molecular complexity index is 349. The summed E-state index contributed by atoms with van der Waals surface area (Å²) < 4.78 is 15.5. The number of aromatic nitrogens is 3. The van der Waals surface area contributed by atoms with Crippen molar-refractivity contribution in [3.05, 3.63) is 0 Å². The summed E-state index contributed by atoms with van der Waals surface area (Å²) in [5, 5.41) is 0. The zero-order valence-electron chi connectivity index (χ0n) is 10.1. The molecule has 0 aliphatic carbocycles. The second kappa shape index (κ2) is 6.81. The third-order valence-electron chi connectivity index (χ3n) is 1.70. The maximum absolute atomic E-state index is 5.42. The Morgan fingerprint density at radius 1 is 1.29 bits per heavy atom. The van der Waals surface area contributed by atoms with Crippen LogP contribution in [0.4, 0.5) is 5.95 Å². The van der Waals surface area contributed by atoms with E-state index in [4.69, 9.17) is 20.1 Å². The number of nitrogens with zero attached hydrogens (tertiary/aromatic N) is 3. The minimum Gasteiger partial charge on any atom is -0.464 e. The highest BCUT2D eigenvalue weighted by atomic mass is 16.5. The smallest absolute Gasteiger partial charge is 0.324 e. The molecule has 0 aromatic carbocycles. The van der Waals surface area contributed by atoms with Gasteiger partial charge in [-0.15, -0.1) is 4.98 Å². The lowest BCUT2D eigenvalue weighted by molar-refractivity contribution is 0.0846. The zero-order chi connectivity index (χ0) is 12.7. The van der Waals surface area contributed by atoms with E-state index in [2.05, 4.69) is 20.4 Å². The molecule has 0 saturated heterocycles. The molecule has 8 heteroatoms. The van der Waals surface area contributed by atoms with Crippen LogP contribution in [0.15, 0.2) is 0 Å². The van der Waals surface area contributed by atoms with Gasteiger partial charge in [0.1, 0.15) is 6.10 Å². The monoisotopic (exact) mass is 243 g/mol. The van der Waals surface area contributed by atoms with Gasteiger partial charge in [0, 0.05) is 7.11 Å². The lowest BCUT2D eigenvalue weighted by Crippen LogP contribution is -2.20. The van der Waals surface area contributed by atoms with E-state index >= 15 is 0 Å². The fourth-order valence-electron chi connectivity index (χ4n) is 1.10. The average molecular weight is 243 g/mol. The van der Waals surface area contributed by atoms with Gasteiger partial charge in [0.25, 0.3) is 0 Å². The Kier molecular flexibility index (Phi) is 5.37. The topological polar surface area (TPSA) is 104 Å². The first-order valence-corrected chi connectivity index (χ1v) is 5.20. The summed E-state index contributed by atoms with van der Waals surface area (Å²) in [6, 6.07) is 0.302. The molecule has 1 heterocycles. The molecular weight excluding hydrogens is 226 g/mol. The first kappa shape index (κ1) is 13.4. The molecule has 1 aromatic heterocycles. The number of anilines is 1. The molecule has 17 heavy (non-hydrogen) atoms. The Labute approximate surface area is 99.5 Å². The van der Waals surface area contributed by atoms with Crippen LogP contribution in [0.1, 0.15) is 13.8 Å². The first-order chi connectivity index (χ1) is 8.19. The number of nitrogens with two attached hydrogens (primary N) is 1. The highest BCUT2D eigenvalue weighted by molar-refractivity contribution is 5.25. The molecule has 1 unspecified atom stereocenters. The van der Waals surface area contributed by atoms with E-state index in [9.17, 15) is 0 Å². The van der Waals surface area contributed by atoms with Gasteiger partial charge in [-0.3, -0.25) is 5.43 Å². The third-order valence-corrected chi connectivity index (χ3v) is 1.70. The summed E-state index contributed by atoms with van der Waals surface area (Å²) in [6.07, 6.45) is -0.178. The quantitative estimate of drug-likeness (QED) is 0.508. The summed E-state index contributed by atoms with van der Waals surface area (Å²) >= 11 is 0. The van der Waals surface area contributed by atoms with E-state index in [-0.39, 0.29) is 24.1 Å². The maximum atomic E-state index is 5.42. The zero-order valence-corrected chi connectivity index (χ0v) is 10.1. The van der Waals surface area contributed by atoms with Gasteiger partial charge in [0.05, 0.1) is 13.2 Å². The summed E-state index contributed by atoms with van der Waals surface area (Å²) in [5.74, 6) is 5.42. The number of rotatable bonds is 7. The second-order valence-electron chi connectivity index (χ2n) is 3.19. The summed E-state index contributed by atoms with van der Waals surface area (Å²) in [6.45, 7) is 4.54. The van der Waals surface area contributed by atoms with E-state index in [0.717, 1.165) is 0 Å². The first-order valence-electron chi connectivity index (χ1n) is 5.20. The van der Waals surface area contributed by atoms with Gasteiger partial charge in [-0.1, -0.05) is 0 Å². The summed E-state index contributed by atoms with van der Waals surface area (Å²) in [5.41, 5.74) is 2.32. The average Bonchev–Trinajstić information content (AvgIpc) is 2.29. The minimum atomic E-state index is -0.178. The molecular formula is C9H17N5O3. The molecule has 3 N–H and O–H groups in total. The normalized spacial score (nSPS) is 12.0. The van der Waals surface area contributed by atoms with Crippen molar-refractivity contribution in [3.8, 4) is 12.0 Å². The summed E-state index contributed by atoms with van der Waals surface area (Å²) in [7, 11) is 1.59. The summed E-state index contributed by atoms with van der Waals surface area (Å²) in [4.78, 5) is 11.8. The van der Waals surface area contributed by atoms with Crippen LogP contribution in [0.5, 0.6) is 12.0 Å². The second-order valence-corrected chi connectivity index (χ2v) is 3.19. The molecule has 0 spiro atoms. The Balaban J connectivity index is 2.79. The van der Waals surface area contributed by atoms with Gasteiger partial charge < -0.3 is 14.2 Å². The standard InChI is InChI=1S/C9H17N5O3/c1-4-16-8-11-7(14-10)12-9(13-8)17-6(2)5-15-3/h6H,4-5,10H2,1-3H3,(H,11,12,13,14). The lowest BCUT2D eigenvalue weighted by atomic mass is 10.4. The fraction of sp³-hybridized carbons (Fsp3) is 0.667. The molecule has 0 radical (unpaired) electrons. The number of hydrogen-bond acceptors (Lipinski definition) is 8. The van der Waals surface area contributed by atoms with Crippen LogP contribution in [0.2, 0.25) is 0 Å². The van der Waals surface area contributed by atoms with Crippen LogP contribution < -0.4 is 20.7 Å². The van der Waals surface area contributed by atoms with Crippen LogP contribution in [0.3, 0.4) is 0 Å². The molecule has 1 aromatic rings. The Morgan fingerprint density at radius 2 is 2.00 bits per heavy atom. The number of ether oxygens (including phenoxy) is 3. The number of hydrogen-bond donors (Lipinski definition) is 2. The van der Waals surface area contributed by atoms with Crippen molar-refractivity contribution in [2.24, 2.45) is 5.84 Å². The number of methoxy groups -OCH3 is 1. The Hall–Kier alpha value is -1.67. The Morgan fingerprint density at radius 3 is 2.59 bits per heavy atom. The molecule has 0 saturated carbocycles. The van der Waals surface area contributed by atoms with Crippen molar-refractivity contribution in [2.75, 3.05) is 25.7 Å². The predicted molar refractivity (Wildman–Crippen MR) is 60.8 cm³/mol. The van der Waals surface area contributed by atoms with Crippen molar-refractivity contribution in [1.82, 2.24) is 15.0 Å². The molecule has 1 atom stereocenters. The molecule has 0 amide bonds. The van der Waals surface area contributed by atoms with Crippen molar-refractivity contribution in [3.63, 3.8) is 0 Å². The van der Waals surface area contributed by atoms with Gasteiger partial charge in [0.15, 0.2) is 0 Å². The number of nitrogens with one attached hydrogen (secondary N) is 1. The maximum Gasteiger partial charge on any atom is 0.324 e. The van der Waals surface area contributed by atoms with Crippen molar-refractivity contribution in [2.45, 2.75) is 20.0 Å². The van der Waals surface area contributed by atoms with Crippen LogP contribution >= 0.6 is 0 Å². The van der Waals surface area contributed by atoms with Crippen molar-refractivity contribution in [1.29, 1.82) is 0 Å². The lowest BCUT2D eigenvalue weighted by Gasteiger charge is -2.12. The minimum absolute atomic E-state index is 0.140. The van der Waals surface area contributed by atoms with Gasteiger partial charge in [-0.25, -0.2) is 5.84 Å². The highest BCUT2D eigenvalue weighted by Crippen LogP contribution is 2.13. The number of hydrazine groups is 1. The van der Waals surface area contributed by atoms with E-state index in [1.807, 2.05) is 13.8 Å². The van der Waals surface area contributed by atoms with Crippen molar-refractivity contribution >= 4 is 5.95 Å². The van der Waals surface area contributed by atoms with Crippen LogP contribution in [0.25, 0.3) is 0 Å². The van der Waals surface area contributed by atoms with E-state index in [1.165, 1.54) is 0 Å². The fourth-order valence-corrected chi connectivity index (χ4v) is 1.10.